The Morgan fingerprint density at radius 1 is 1.11 bits per heavy atom. The lowest BCUT2D eigenvalue weighted by Crippen LogP contribution is -2.50. The van der Waals surface area contributed by atoms with E-state index in [1.807, 2.05) is 0 Å². The van der Waals surface area contributed by atoms with Crippen molar-refractivity contribution in [3.63, 3.8) is 0 Å². The minimum absolute atomic E-state index is 0.0526. The van der Waals surface area contributed by atoms with Crippen LogP contribution in [0.4, 0.5) is 19.1 Å². The molecule has 0 aromatic carbocycles. The Morgan fingerprint density at radius 2 is 1.86 bits per heavy atom. The largest absolute Gasteiger partial charge is 0.465 e. The fraction of sp³-hybridized carbons (Fsp3) is 0.654. The minimum Gasteiger partial charge on any atom is -0.465 e. The molecule has 4 aliphatic rings. The molecule has 0 aliphatic heterocycles. The van der Waals surface area contributed by atoms with Crippen molar-refractivity contribution in [2.75, 3.05) is 12.5 Å². The number of hydrogen-bond donors (Lipinski definition) is 1. The number of anilines is 1. The van der Waals surface area contributed by atoms with Gasteiger partial charge in [-0.25, -0.2) is 20.2 Å². The monoisotopic (exact) mass is 504 g/mol. The van der Waals surface area contributed by atoms with E-state index in [-0.39, 0.29) is 16.8 Å². The van der Waals surface area contributed by atoms with Gasteiger partial charge in [-0.1, -0.05) is 19.4 Å². The number of alkyl halides is 3. The molecule has 1 aromatic heterocycles. The molecule has 3 saturated carbocycles. The number of hydrazone groups is 1. The standard InChI is InChI=1S/C26H31F3N4O3/c1-24-10-8-15(32-33-23-30-13-17(22(35)36-3)21(31-23)26(27,28)29)12-14(24)4-5-16-18-6-7-20(34)25(18,2)11-9-19(16)24/h12-13,16,18-19H,4-11H2,1-3H3,(H,30,31,33)/b32-15+/t16-,18-,19-,24-,25+/m1/s1. The minimum atomic E-state index is -4.84. The van der Waals surface area contributed by atoms with E-state index in [4.69, 9.17) is 0 Å². The van der Waals surface area contributed by atoms with Crippen molar-refractivity contribution in [3.05, 3.63) is 29.1 Å². The normalized spacial score (nSPS) is 34.9. The predicted octanol–water partition coefficient (Wildman–Crippen LogP) is 5.58. The molecule has 0 amide bonds. The molecule has 4 aliphatic carbocycles. The molecule has 0 unspecified atom stereocenters. The van der Waals surface area contributed by atoms with Crippen LogP contribution in [-0.2, 0) is 15.7 Å². The Bertz CT molecular complexity index is 1160. The molecule has 1 N–H and O–H groups in total. The number of nitrogens with zero attached hydrogens (tertiary/aromatic N) is 3. The van der Waals surface area contributed by atoms with E-state index in [9.17, 15) is 22.8 Å². The second-order valence-corrected chi connectivity index (χ2v) is 11.1. The summed E-state index contributed by atoms with van der Waals surface area (Å²) in [5.74, 6) is 0.535. The van der Waals surface area contributed by atoms with Gasteiger partial charge in [0.15, 0.2) is 5.69 Å². The summed E-state index contributed by atoms with van der Waals surface area (Å²) in [6, 6.07) is 0. The number of rotatable bonds is 3. The first kappa shape index (κ1) is 24.9. The van der Waals surface area contributed by atoms with E-state index in [1.54, 1.807) is 0 Å². The smallest absolute Gasteiger partial charge is 0.434 e. The topological polar surface area (TPSA) is 93.5 Å². The van der Waals surface area contributed by atoms with Crippen LogP contribution in [0.2, 0.25) is 0 Å². The highest BCUT2D eigenvalue weighted by Gasteiger charge is 2.58. The Morgan fingerprint density at radius 3 is 2.58 bits per heavy atom. The van der Waals surface area contributed by atoms with Crippen LogP contribution in [0.25, 0.3) is 0 Å². The number of ether oxygens (including phenoxy) is 1. The number of fused-ring (bicyclic) bond motifs is 5. The molecular weight excluding hydrogens is 473 g/mol. The van der Waals surface area contributed by atoms with E-state index in [2.05, 4.69) is 45.2 Å². The molecule has 0 bridgehead atoms. The van der Waals surface area contributed by atoms with Crippen LogP contribution in [0.1, 0.15) is 81.3 Å². The molecule has 3 fully saturated rings. The van der Waals surface area contributed by atoms with E-state index in [0.717, 1.165) is 57.5 Å². The van der Waals surface area contributed by atoms with Gasteiger partial charge < -0.3 is 4.74 Å². The zero-order valence-electron chi connectivity index (χ0n) is 20.7. The Balaban J connectivity index is 1.35. The quantitative estimate of drug-likeness (QED) is 0.427. The third kappa shape index (κ3) is 3.93. The van der Waals surface area contributed by atoms with Gasteiger partial charge in [-0.05, 0) is 74.2 Å². The van der Waals surface area contributed by atoms with E-state index >= 15 is 0 Å². The van der Waals surface area contributed by atoms with Crippen LogP contribution in [0.3, 0.4) is 0 Å². The van der Waals surface area contributed by atoms with Crippen molar-refractivity contribution in [2.45, 2.75) is 71.4 Å². The number of hydrogen-bond acceptors (Lipinski definition) is 7. The fourth-order valence-corrected chi connectivity index (χ4v) is 7.46. The van der Waals surface area contributed by atoms with Gasteiger partial charge in [0.2, 0.25) is 5.95 Å². The average molecular weight is 505 g/mol. The van der Waals surface area contributed by atoms with Crippen molar-refractivity contribution in [2.24, 2.45) is 33.7 Å². The van der Waals surface area contributed by atoms with E-state index in [1.165, 1.54) is 5.57 Å². The molecule has 0 radical (unpaired) electrons. The molecule has 36 heavy (non-hydrogen) atoms. The summed E-state index contributed by atoms with van der Waals surface area (Å²) >= 11 is 0. The molecule has 0 spiro atoms. The molecule has 10 heteroatoms. The maximum Gasteiger partial charge on any atom is 0.434 e. The van der Waals surface area contributed by atoms with Crippen LogP contribution in [0.15, 0.2) is 22.9 Å². The van der Waals surface area contributed by atoms with Gasteiger partial charge >= 0.3 is 12.1 Å². The molecule has 0 saturated heterocycles. The SMILES string of the molecule is COC(=O)c1cnc(N/N=C2/C=C3CC[C@@H]4[C@H]5CCC(=O)[C@@]5(C)CC[C@H]4[C@]3(C)CC2)nc1C(F)(F)F. The third-order valence-electron chi connectivity index (χ3n) is 9.45. The zero-order chi connectivity index (χ0) is 25.9. The van der Waals surface area contributed by atoms with Gasteiger partial charge in [-0.2, -0.15) is 18.3 Å². The van der Waals surface area contributed by atoms with Gasteiger partial charge in [-0.3, -0.25) is 4.79 Å². The van der Waals surface area contributed by atoms with Crippen LogP contribution in [0, 0.1) is 28.6 Å². The number of allylic oxidation sites excluding steroid dienone is 2. The summed E-state index contributed by atoms with van der Waals surface area (Å²) in [6.07, 6.45) is 5.38. The second kappa shape index (κ2) is 8.66. The summed E-state index contributed by atoms with van der Waals surface area (Å²) in [7, 11) is 0.998. The van der Waals surface area contributed by atoms with E-state index in [0.29, 0.717) is 36.4 Å². The van der Waals surface area contributed by atoms with Gasteiger partial charge in [0.05, 0.1) is 12.8 Å². The van der Waals surface area contributed by atoms with Crippen molar-refractivity contribution < 1.29 is 27.5 Å². The van der Waals surface area contributed by atoms with Gasteiger partial charge in [0.25, 0.3) is 0 Å². The maximum absolute atomic E-state index is 13.4. The Labute approximate surface area is 208 Å². The lowest BCUT2D eigenvalue weighted by molar-refractivity contribution is -0.141. The van der Waals surface area contributed by atoms with E-state index < -0.39 is 23.4 Å². The number of carbonyl (C=O) groups is 2. The lowest BCUT2D eigenvalue weighted by Gasteiger charge is -2.57. The number of ketones is 1. The molecule has 7 nitrogen and oxygen atoms in total. The number of esters is 1. The van der Waals surface area contributed by atoms with Gasteiger partial charge in [0, 0.05) is 18.0 Å². The highest BCUT2D eigenvalue weighted by Crippen LogP contribution is 2.64. The van der Waals surface area contributed by atoms with Gasteiger partial charge in [-0.15, -0.1) is 0 Å². The summed E-state index contributed by atoms with van der Waals surface area (Å²) in [6.45, 7) is 4.52. The first-order valence-electron chi connectivity index (χ1n) is 12.6. The van der Waals surface area contributed by atoms with Crippen molar-refractivity contribution in [3.8, 4) is 0 Å². The summed E-state index contributed by atoms with van der Waals surface area (Å²) in [5, 5.41) is 4.31. The number of nitrogens with one attached hydrogen (secondary N) is 1. The van der Waals surface area contributed by atoms with Crippen molar-refractivity contribution in [1.29, 1.82) is 0 Å². The van der Waals surface area contributed by atoms with Crippen LogP contribution in [0.5, 0.6) is 0 Å². The van der Waals surface area contributed by atoms with Crippen molar-refractivity contribution >= 4 is 23.4 Å². The first-order valence-corrected chi connectivity index (χ1v) is 12.6. The summed E-state index contributed by atoms with van der Waals surface area (Å²) < 4.78 is 44.7. The van der Waals surface area contributed by atoms with Gasteiger partial charge in [0.1, 0.15) is 11.3 Å². The lowest BCUT2D eigenvalue weighted by atomic mass is 9.47. The summed E-state index contributed by atoms with van der Waals surface area (Å²) in [4.78, 5) is 31.6. The third-order valence-corrected chi connectivity index (χ3v) is 9.45. The number of halogens is 3. The molecule has 1 heterocycles. The predicted molar refractivity (Wildman–Crippen MR) is 126 cm³/mol. The first-order chi connectivity index (χ1) is 17.0. The highest BCUT2D eigenvalue weighted by atomic mass is 19.4. The summed E-state index contributed by atoms with van der Waals surface area (Å²) in [5.41, 5.74) is 2.41. The maximum atomic E-state index is 13.4. The number of carbonyl (C=O) groups excluding carboxylic acids is 2. The zero-order valence-corrected chi connectivity index (χ0v) is 20.7. The molecular formula is C26H31F3N4O3. The van der Waals surface area contributed by atoms with Crippen LogP contribution in [-0.4, -0.2) is 34.5 Å². The van der Waals surface area contributed by atoms with Crippen LogP contribution >= 0.6 is 0 Å². The molecule has 5 rings (SSSR count). The number of methoxy groups -OCH3 is 1. The fourth-order valence-electron chi connectivity index (χ4n) is 7.46. The Hall–Kier alpha value is -2.78. The second-order valence-electron chi connectivity index (χ2n) is 11.1. The van der Waals surface area contributed by atoms with Crippen molar-refractivity contribution in [1.82, 2.24) is 9.97 Å². The molecule has 194 valence electrons. The highest BCUT2D eigenvalue weighted by molar-refractivity contribution is 5.97. The molecule has 1 aromatic rings. The average Bonchev–Trinajstić information content (AvgIpc) is 3.15. The molecule has 5 atom stereocenters. The number of Topliss-reactive ketones (excluding diaryl/α,β-unsaturated/α-hetero) is 1. The van der Waals surface area contributed by atoms with Crippen LogP contribution < -0.4 is 5.43 Å². The number of aromatic nitrogens is 2. The Kier molecular flexibility index (Phi) is 5.99.